The number of benzene rings is 3. The molecule has 27 heavy (non-hydrogen) atoms. The number of carbonyl (C=O) groups is 1. The molecule has 3 heteroatoms. The second-order valence-electron chi connectivity index (χ2n) is 7.28. The highest BCUT2D eigenvalue weighted by atomic mass is 16.5. The predicted molar refractivity (Wildman–Crippen MR) is 109 cm³/mol. The van der Waals surface area contributed by atoms with Crippen LogP contribution in [0.25, 0.3) is 10.8 Å². The van der Waals surface area contributed by atoms with Crippen LogP contribution in [0, 0.1) is 5.92 Å². The molecule has 0 saturated carbocycles. The summed E-state index contributed by atoms with van der Waals surface area (Å²) in [7, 11) is 0. The fourth-order valence-corrected chi connectivity index (χ4v) is 3.89. The summed E-state index contributed by atoms with van der Waals surface area (Å²) >= 11 is 0. The standard InChI is InChI=1S/C24H25NO2/c26-24(18-27-23-12-6-10-21-9-4-5-11-22(21)23)25-15-13-20(14-16-25)17-19-7-2-1-3-8-19/h1-12,20H,13-18H2. The van der Waals surface area contributed by atoms with E-state index < -0.39 is 0 Å². The number of carbonyl (C=O) groups excluding carboxylic acids is 1. The van der Waals surface area contributed by atoms with E-state index in [1.807, 2.05) is 35.2 Å². The highest BCUT2D eigenvalue weighted by molar-refractivity contribution is 5.88. The van der Waals surface area contributed by atoms with Crippen LogP contribution in [-0.4, -0.2) is 30.5 Å². The molecule has 0 unspecified atom stereocenters. The number of amides is 1. The van der Waals surface area contributed by atoms with Crippen molar-refractivity contribution in [1.29, 1.82) is 0 Å². The normalized spacial score (nSPS) is 15.0. The molecule has 3 nitrogen and oxygen atoms in total. The fraction of sp³-hybridized carbons (Fsp3) is 0.292. The lowest BCUT2D eigenvalue weighted by Crippen LogP contribution is -2.41. The Labute approximate surface area is 160 Å². The van der Waals surface area contributed by atoms with Crippen molar-refractivity contribution in [2.75, 3.05) is 19.7 Å². The molecular formula is C24H25NO2. The number of piperidine rings is 1. The zero-order valence-electron chi connectivity index (χ0n) is 15.5. The Balaban J connectivity index is 1.29. The van der Waals surface area contributed by atoms with Crippen LogP contribution in [0.3, 0.4) is 0 Å². The number of ether oxygens (including phenoxy) is 1. The topological polar surface area (TPSA) is 29.5 Å². The van der Waals surface area contributed by atoms with Gasteiger partial charge in [-0.25, -0.2) is 0 Å². The molecule has 0 atom stereocenters. The van der Waals surface area contributed by atoms with Gasteiger partial charge in [0.05, 0.1) is 0 Å². The fourth-order valence-electron chi connectivity index (χ4n) is 3.89. The van der Waals surface area contributed by atoms with Gasteiger partial charge in [0.2, 0.25) is 0 Å². The van der Waals surface area contributed by atoms with Gasteiger partial charge in [-0.1, -0.05) is 66.7 Å². The van der Waals surface area contributed by atoms with Crippen LogP contribution in [0.4, 0.5) is 0 Å². The molecule has 0 radical (unpaired) electrons. The highest BCUT2D eigenvalue weighted by Crippen LogP contribution is 2.26. The molecule has 4 rings (SSSR count). The minimum atomic E-state index is 0.0843. The zero-order valence-corrected chi connectivity index (χ0v) is 15.5. The highest BCUT2D eigenvalue weighted by Gasteiger charge is 2.23. The second kappa shape index (κ2) is 8.26. The van der Waals surface area contributed by atoms with Gasteiger partial charge in [-0.2, -0.15) is 0 Å². The van der Waals surface area contributed by atoms with E-state index in [0.717, 1.165) is 48.9 Å². The van der Waals surface area contributed by atoms with Crippen LogP contribution in [0.2, 0.25) is 0 Å². The third-order valence-electron chi connectivity index (χ3n) is 5.44. The van der Waals surface area contributed by atoms with E-state index in [2.05, 4.69) is 42.5 Å². The molecule has 1 heterocycles. The van der Waals surface area contributed by atoms with Crippen molar-refractivity contribution in [3.05, 3.63) is 78.4 Å². The molecule has 1 aliphatic heterocycles. The summed E-state index contributed by atoms with van der Waals surface area (Å²) in [6.45, 7) is 1.77. The van der Waals surface area contributed by atoms with Gasteiger partial charge >= 0.3 is 0 Å². The number of likely N-dealkylation sites (tertiary alicyclic amines) is 1. The summed E-state index contributed by atoms with van der Waals surface area (Å²) in [5.74, 6) is 1.52. The molecule has 1 saturated heterocycles. The van der Waals surface area contributed by atoms with E-state index in [4.69, 9.17) is 4.74 Å². The summed E-state index contributed by atoms with van der Waals surface area (Å²) < 4.78 is 5.87. The Bertz CT molecular complexity index is 893. The van der Waals surface area contributed by atoms with E-state index in [1.165, 1.54) is 5.56 Å². The SMILES string of the molecule is O=C(COc1cccc2ccccc12)N1CCC(Cc2ccccc2)CC1. The molecule has 0 aromatic heterocycles. The number of nitrogens with zero attached hydrogens (tertiary/aromatic N) is 1. The first kappa shape index (κ1) is 17.6. The van der Waals surface area contributed by atoms with Crippen molar-refractivity contribution in [3.63, 3.8) is 0 Å². The molecular weight excluding hydrogens is 334 g/mol. The molecule has 0 bridgehead atoms. The predicted octanol–water partition coefficient (Wildman–Crippen LogP) is 4.70. The van der Waals surface area contributed by atoms with Gasteiger partial charge < -0.3 is 9.64 Å². The Kier molecular flexibility index (Phi) is 5.38. The lowest BCUT2D eigenvalue weighted by atomic mass is 9.90. The van der Waals surface area contributed by atoms with E-state index in [9.17, 15) is 4.79 Å². The number of rotatable bonds is 5. The zero-order chi connectivity index (χ0) is 18.5. The summed E-state index contributed by atoms with van der Waals surface area (Å²) in [6.07, 6.45) is 3.24. The molecule has 0 aliphatic carbocycles. The monoisotopic (exact) mass is 359 g/mol. The van der Waals surface area contributed by atoms with E-state index in [0.29, 0.717) is 5.92 Å². The van der Waals surface area contributed by atoms with Crippen molar-refractivity contribution >= 4 is 16.7 Å². The maximum atomic E-state index is 12.6. The van der Waals surface area contributed by atoms with Gasteiger partial charge in [0, 0.05) is 18.5 Å². The largest absolute Gasteiger partial charge is 0.483 e. The first-order chi connectivity index (χ1) is 13.3. The Morgan fingerprint density at radius 3 is 2.41 bits per heavy atom. The average molecular weight is 359 g/mol. The summed E-state index contributed by atoms with van der Waals surface area (Å²) in [4.78, 5) is 14.5. The van der Waals surface area contributed by atoms with Crippen molar-refractivity contribution < 1.29 is 9.53 Å². The van der Waals surface area contributed by atoms with Crippen LogP contribution in [0.15, 0.2) is 72.8 Å². The Hall–Kier alpha value is -2.81. The number of fused-ring (bicyclic) bond motifs is 1. The molecule has 138 valence electrons. The summed E-state index contributed by atoms with van der Waals surface area (Å²) in [5, 5.41) is 2.18. The van der Waals surface area contributed by atoms with Gasteiger partial charge in [-0.05, 0) is 42.2 Å². The quantitative estimate of drug-likeness (QED) is 0.661. The Morgan fingerprint density at radius 1 is 0.889 bits per heavy atom. The molecule has 1 amide bonds. The average Bonchev–Trinajstić information content (AvgIpc) is 2.73. The Morgan fingerprint density at radius 2 is 1.59 bits per heavy atom. The van der Waals surface area contributed by atoms with Crippen LogP contribution >= 0.6 is 0 Å². The summed E-state index contributed by atoms with van der Waals surface area (Å²) in [5.41, 5.74) is 1.39. The van der Waals surface area contributed by atoms with Gasteiger partial charge in [-0.15, -0.1) is 0 Å². The van der Waals surface area contributed by atoms with Crippen LogP contribution < -0.4 is 4.74 Å². The van der Waals surface area contributed by atoms with Crippen LogP contribution in [-0.2, 0) is 11.2 Å². The maximum Gasteiger partial charge on any atom is 0.260 e. The molecule has 0 N–H and O–H groups in total. The van der Waals surface area contributed by atoms with Crippen molar-refractivity contribution in [2.45, 2.75) is 19.3 Å². The number of hydrogen-bond acceptors (Lipinski definition) is 2. The van der Waals surface area contributed by atoms with E-state index in [1.54, 1.807) is 0 Å². The van der Waals surface area contributed by atoms with Crippen molar-refractivity contribution in [1.82, 2.24) is 4.90 Å². The minimum absolute atomic E-state index is 0.0843. The van der Waals surface area contributed by atoms with Crippen molar-refractivity contribution in [3.8, 4) is 5.75 Å². The van der Waals surface area contributed by atoms with Gasteiger partial charge in [0.15, 0.2) is 6.61 Å². The first-order valence-corrected chi connectivity index (χ1v) is 9.72. The summed E-state index contributed by atoms with van der Waals surface area (Å²) in [6, 6.07) is 24.7. The second-order valence-corrected chi connectivity index (χ2v) is 7.28. The maximum absolute atomic E-state index is 12.6. The molecule has 0 spiro atoms. The smallest absolute Gasteiger partial charge is 0.260 e. The van der Waals surface area contributed by atoms with E-state index in [-0.39, 0.29) is 12.5 Å². The van der Waals surface area contributed by atoms with Gasteiger partial charge in [0.25, 0.3) is 5.91 Å². The van der Waals surface area contributed by atoms with Crippen molar-refractivity contribution in [2.24, 2.45) is 5.92 Å². The lowest BCUT2D eigenvalue weighted by Gasteiger charge is -2.32. The van der Waals surface area contributed by atoms with E-state index >= 15 is 0 Å². The minimum Gasteiger partial charge on any atom is -0.483 e. The lowest BCUT2D eigenvalue weighted by molar-refractivity contribution is -0.134. The van der Waals surface area contributed by atoms with Crippen LogP contribution in [0.5, 0.6) is 5.75 Å². The number of hydrogen-bond donors (Lipinski definition) is 0. The molecule has 1 aliphatic rings. The third kappa shape index (κ3) is 4.30. The van der Waals surface area contributed by atoms with Gasteiger partial charge in [-0.3, -0.25) is 4.79 Å². The molecule has 1 fully saturated rings. The first-order valence-electron chi connectivity index (χ1n) is 9.72. The van der Waals surface area contributed by atoms with Crippen LogP contribution in [0.1, 0.15) is 18.4 Å². The molecule has 3 aromatic carbocycles. The van der Waals surface area contributed by atoms with Gasteiger partial charge in [0.1, 0.15) is 5.75 Å². The third-order valence-corrected chi connectivity index (χ3v) is 5.44. The molecule has 3 aromatic rings.